The van der Waals surface area contributed by atoms with Gasteiger partial charge in [-0.15, -0.1) is 0 Å². The van der Waals surface area contributed by atoms with E-state index in [2.05, 4.69) is 20.5 Å². The lowest BCUT2D eigenvalue weighted by molar-refractivity contribution is -0.122. The van der Waals surface area contributed by atoms with Crippen molar-refractivity contribution in [2.45, 2.75) is 50.6 Å². The van der Waals surface area contributed by atoms with Gasteiger partial charge < -0.3 is 15.5 Å². The summed E-state index contributed by atoms with van der Waals surface area (Å²) in [7, 11) is 0. The molecule has 1 aromatic heterocycles. The summed E-state index contributed by atoms with van der Waals surface area (Å²) in [5.41, 5.74) is 0.712. The van der Waals surface area contributed by atoms with Crippen LogP contribution in [-0.4, -0.2) is 71.4 Å². The molecule has 1 aromatic rings. The van der Waals surface area contributed by atoms with Crippen LogP contribution in [0, 0.1) is 0 Å². The number of anilines is 1. The fourth-order valence-corrected chi connectivity index (χ4v) is 3.89. The Morgan fingerprint density at radius 2 is 1.78 bits per heavy atom. The summed E-state index contributed by atoms with van der Waals surface area (Å²) < 4.78 is 0. The van der Waals surface area contributed by atoms with E-state index in [0.29, 0.717) is 24.2 Å². The van der Waals surface area contributed by atoms with Crippen LogP contribution in [-0.2, 0) is 4.79 Å². The van der Waals surface area contributed by atoms with Crippen molar-refractivity contribution in [2.24, 2.45) is 0 Å². The van der Waals surface area contributed by atoms with Crippen molar-refractivity contribution in [3.8, 4) is 0 Å². The molecule has 0 unspecified atom stereocenters. The highest BCUT2D eigenvalue weighted by atomic mass is 16.2. The van der Waals surface area contributed by atoms with Gasteiger partial charge in [-0.25, -0.2) is 4.98 Å². The zero-order valence-electron chi connectivity index (χ0n) is 15.8. The molecular formula is C20H29N5O2. The molecule has 4 rings (SSSR count). The highest BCUT2D eigenvalue weighted by molar-refractivity contribution is 5.95. The molecule has 1 aliphatic carbocycles. The van der Waals surface area contributed by atoms with Crippen molar-refractivity contribution in [2.75, 3.05) is 38.0 Å². The Labute approximate surface area is 160 Å². The van der Waals surface area contributed by atoms with Gasteiger partial charge in [0.25, 0.3) is 5.91 Å². The molecule has 0 aromatic carbocycles. The zero-order chi connectivity index (χ0) is 18.6. The summed E-state index contributed by atoms with van der Waals surface area (Å²) in [4.78, 5) is 33.0. The molecule has 0 spiro atoms. The fraction of sp³-hybridized carbons (Fsp3) is 0.650. The topological polar surface area (TPSA) is 77.6 Å². The quantitative estimate of drug-likeness (QED) is 0.792. The first-order chi connectivity index (χ1) is 13.2. The number of aromatic nitrogens is 1. The van der Waals surface area contributed by atoms with E-state index in [-0.39, 0.29) is 11.8 Å². The molecule has 146 valence electrons. The average molecular weight is 371 g/mol. The van der Waals surface area contributed by atoms with E-state index in [4.69, 9.17) is 0 Å². The summed E-state index contributed by atoms with van der Waals surface area (Å²) in [6.07, 6.45) is 8.11. The molecule has 3 fully saturated rings. The van der Waals surface area contributed by atoms with E-state index < -0.39 is 0 Å². The van der Waals surface area contributed by atoms with Crippen LogP contribution < -0.4 is 10.6 Å². The molecule has 7 heteroatoms. The standard InChI is InChI=1S/C20H29N5O2/c26-19(23-16-3-4-16)14-24-11-6-17(7-12-24)22-18-13-15(5-8-21-18)20(27)25-9-1-2-10-25/h5,8,13,16-17H,1-4,6-7,9-12,14H2,(H,21,22)(H,23,26). The third-order valence-corrected chi connectivity index (χ3v) is 5.65. The van der Waals surface area contributed by atoms with Crippen LogP contribution in [0.15, 0.2) is 18.3 Å². The van der Waals surface area contributed by atoms with Gasteiger partial charge >= 0.3 is 0 Å². The van der Waals surface area contributed by atoms with Gasteiger partial charge in [0.15, 0.2) is 0 Å². The number of piperidine rings is 1. The maximum Gasteiger partial charge on any atom is 0.254 e. The van der Waals surface area contributed by atoms with Gasteiger partial charge in [0, 0.05) is 50.0 Å². The van der Waals surface area contributed by atoms with Crippen molar-refractivity contribution in [3.05, 3.63) is 23.9 Å². The van der Waals surface area contributed by atoms with Gasteiger partial charge in [0.1, 0.15) is 5.82 Å². The van der Waals surface area contributed by atoms with E-state index in [1.165, 1.54) is 0 Å². The first kappa shape index (κ1) is 18.2. The predicted octanol–water partition coefficient (Wildman–Crippen LogP) is 1.47. The fourth-order valence-electron chi connectivity index (χ4n) is 3.89. The minimum absolute atomic E-state index is 0.106. The van der Waals surface area contributed by atoms with Crippen molar-refractivity contribution in [1.82, 2.24) is 20.1 Å². The first-order valence-electron chi connectivity index (χ1n) is 10.2. The molecule has 27 heavy (non-hydrogen) atoms. The Balaban J connectivity index is 1.25. The molecular weight excluding hydrogens is 342 g/mol. The minimum Gasteiger partial charge on any atom is -0.367 e. The highest BCUT2D eigenvalue weighted by Gasteiger charge is 2.26. The van der Waals surface area contributed by atoms with Crippen LogP contribution in [0.3, 0.4) is 0 Å². The molecule has 2 N–H and O–H groups in total. The second-order valence-corrected chi connectivity index (χ2v) is 7.97. The Hall–Kier alpha value is -2.15. The van der Waals surface area contributed by atoms with Crippen LogP contribution >= 0.6 is 0 Å². The second-order valence-electron chi connectivity index (χ2n) is 7.97. The molecule has 3 heterocycles. The van der Waals surface area contributed by atoms with Gasteiger partial charge in [0.2, 0.25) is 5.91 Å². The lowest BCUT2D eigenvalue weighted by Crippen LogP contribution is -2.44. The van der Waals surface area contributed by atoms with Crippen molar-refractivity contribution in [3.63, 3.8) is 0 Å². The Morgan fingerprint density at radius 1 is 1.04 bits per heavy atom. The molecule has 0 bridgehead atoms. The third-order valence-electron chi connectivity index (χ3n) is 5.65. The molecule has 2 amide bonds. The summed E-state index contributed by atoms with van der Waals surface area (Å²) in [5.74, 6) is 1.03. The van der Waals surface area contributed by atoms with Gasteiger partial charge in [-0.3, -0.25) is 14.5 Å². The van der Waals surface area contributed by atoms with Gasteiger partial charge in [-0.1, -0.05) is 0 Å². The normalized spacial score (nSPS) is 21.3. The van der Waals surface area contributed by atoms with E-state index in [9.17, 15) is 9.59 Å². The van der Waals surface area contributed by atoms with E-state index >= 15 is 0 Å². The maximum atomic E-state index is 12.5. The van der Waals surface area contributed by atoms with Crippen LogP contribution in [0.1, 0.15) is 48.9 Å². The molecule has 2 saturated heterocycles. The van der Waals surface area contributed by atoms with Crippen LogP contribution in [0.25, 0.3) is 0 Å². The van der Waals surface area contributed by atoms with Crippen LogP contribution in [0.4, 0.5) is 5.82 Å². The number of carbonyl (C=O) groups is 2. The lowest BCUT2D eigenvalue weighted by Gasteiger charge is -2.32. The minimum atomic E-state index is 0.106. The van der Waals surface area contributed by atoms with Gasteiger partial charge in [-0.05, 0) is 50.7 Å². The maximum absolute atomic E-state index is 12.5. The number of nitrogens with zero attached hydrogens (tertiary/aromatic N) is 3. The number of rotatable bonds is 6. The van der Waals surface area contributed by atoms with Crippen molar-refractivity contribution in [1.29, 1.82) is 0 Å². The summed E-state index contributed by atoms with van der Waals surface area (Å²) in [6, 6.07) is 4.43. The molecule has 1 saturated carbocycles. The van der Waals surface area contributed by atoms with Crippen LogP contribution in [0.5, 0.6) is 0 Å². The van der Waals surface area contributed by atoms with Gasteiger partial charge in [0.05, 0.1) is 6.54 Å². The second kappa shape index (κ2) is 8.25. The lowest BCUT2D eigenvalue weighted by atomic mass is 10.0. The SMILES string of the molecule is O=C(CN1CCC(Nc2cc(C(=O)N3CCCC3)ccn2)CC1)NC1CC1. The van der Waals surface area contributed by atoms with Gasteiger partial charge in [-0.2, -0.15) is 0 Å². The van der Waals surface area contributed by atoms with Crippen molar-refractivity contribution < 1.29 is 9.59 Å². The number of pyridine rings is 1. The molecule has 2 aliphatic heterocycles. The van der Waals surface area contributed by atoms with Crippen LogP contribution in [0.2, 0.25) is 0 Å². The molecule has 3 aliphatic rings. The van der Waals surface area contributed by atoms with E-state index in [1.807, 2.05) is 11.0 Å². The number of carbonyl (C=O) groups excluding carboxylic acids is 2. The number of likely N-dealkylation sites (tertiary alicyclic amines) is 2. The molecule has 0 radical (unpaired) electrons. The number of amides is 2. The number of nitrogens with one attached hydrogen (secondary N) is 2. The Kier molecular flexibility index (Phi) is 5.57. The largest absolute Gasteiger partial charge is 0.367 e. The smallest absolute Gasteiger partial charge is 0.254 e. The predicted molar refractivity (Wildman–Crippen MR) is 104 cm³/mol. The van der Waals surface area contributed by atoms with E-state index in [1.54, 1.807) is 12.3 Å². The van der Waals surface area contributed by atoms with Crippen molar-refractivity contribution >= 4 is 17.6 Å². The molecule has 0 atom stereocenters. The number of hydrogen-bond donors (Lipinski definition) is 2. The Morgan fingerprint density at radius 3 is 2.48 bits per heavy atom. The summed E-state index contributed by atoms with van der Waals surface area (Å²) in [6.45, 7) is 4.03. The number of hydrogen-bond acceptors (Lipinski definition) is 5. The Bertz CT molecular complexity index is 677. The summed E-state index contributed by atoms with van der Waals surface area (Å²) >= 11 is 0. The first-order valence-corrected chi connectivity index (χ1v) is 10.2. The highest BCUT2D eigenvalue weighted by Crippen LogP contribution is 2.20. The summed E-state index contributed by atoms with van der Waals surface area (Å²) in [5, 5.41) is 6.52. The third kappa shape index (κ3) is 4.97. The monoisotopic (exact) mass is 371 g/mol. The average Bonchev–Trinajstić information content (AvgIpc) is 3.31. The molecule has 7 nitrogen and oxygen atoms in total. The van der Waals surface area contributed by atoms with E-state index in [0.717, 1.165) is 70.5 Å². The zero-order valence-corrected chi connectivity index (χ0v) is 15.8.